The fourth-order valence-electron chi connectivity index (χ4n) is 3.20. The first-order chi connectivity index (χ1) is 13.1. The molecule has 1 atom stereocenters. The number of benzene rings is 2. The number of aromatic amines is 1. The van der Waals surface area contributed by atoms with E-state index in [0.29, 0.717) is 29.7 Å². The van der Waals surface area contributed by atoms with Crippen LogP contribution >= 0.6 is 43.5 Å². The molecule has 27 heavy (non-hydrogen) atoms. The van der Waals surface area contributed by atoms with Crippen molar-refractivity contribution >= 4 is 49.9 Å². The molecule has 3 rings (SSSR count). The van der Waals surface area contributed by atoms with Crippen molar-refractivity contribution in [2.45, 2.75) is 18.4 Å². The molecule has 140 valence electrons. The van der Waals surface area contributed by atoms with Gasteiger partial charge in [-0.2, -0.15) is 0 Å². The highest BCUT2D eigenvalue weighted by Crippen LogP contribution is 2.38. The van der Waals surface area contributed by atoms with Crippen LogP contribution in [0, 0.1) is 0 Å². The van der Waals surface area contributed by atoms with Crippen molar-refractivity contribution in [2.75, 3.05) is 5.33 Å². The summed E-state index contributed by atoms with van der Waals surface area (Å²) in [5.74, 6) is 0. The van der Waals surface area contributed by atoms with Gasteiger partial charge < -0.3 is 9.72 Å². The second-order valence-electron chi connectivity index (χ2n) is 6.20. The van der Waals surface area contributed by atoms with Crippen molar-refractivity contribution in [2.24, 2.45) is 0 Å². The molecule has 0 bridgehead atoms. The van der Waals surface area contributed by atoms with Crippen LogP contribution in [0.4, 0.5) is 0 Å². The van der Waals surface area contributed by atoms with Gasteiger partial charge in [0.25, 0.3) is 6.47 Å². The maximum absolute atomic E-state index is 11.3. The van der Waals surface area contributed by atoms with Gasteiger partial charge in [-0.3, -0.25) is 4.79 Å². The number of aromatic nitrogens is 1. The third kappa shape index (κ3) is 4.48. The van der Waals surface area contributed by atoms with E-state index in [9.17, 15) is 4.79 Å². The molecule has 0 fully saturated rings. The van der Waals surface area contributed by atoms with Gasteiger partial charge in [0.1, 0.15) is 5.60 Å². The molecule has 0 aliphatic heterocycles. The summed E-state index contributed by atoms with van der Waals surface area (Å²) >= 11 is 13.2. The van der Waals surface area contributed by atoms with Gasteiger partial charge in [0.05, 0.1) is 5.69 Å². The molecule has 0 radical (unpaired) electrons. The van der Waals surface area contributed by atoms with E-state index in [1.165, 1.54) is 0 Å². The molecule has 0 aliphatic carbocycles. The van der Waals surface area contributed by atoms with Crippen LogP contribution in [-0.2, 0) is 21.6 Å². The lowest BCUT2D eigenvalue weighted by atomic mass is 9.85. The zero-order valence-corrected chi connectivity index (χ0v) is 18.4. The number of hydrogen-bond donors (Lipinski definition) is 1. The van der Waals surface area contributed by atoms with Crippen molar-refractivity contribution in [3.05, 3.63) is 81.4 Å². The van der Waals surface area contributed by atoms with Crippen molar-refractivity contribution in [3.8, 4) is 11.3 Å². The lowest BCUT2D eigenvalue weighted by molar-refractivity contribution is -0.145. The van der Waals surface area contributed by atoms with E-state index in [4.69, 9.17) is 16.3 Å². The predicted octanol–water partition coefficient (Wildman–Crippen LogP) is 6.49. The Balaban J connectivity index is 1.99. The van der Waals surface area contributed by atoms with Crippen molar-refractivity contribution in [1.82, 2.24) is 4.98 Å². The molecule has 2 aromatic carbocycles. The minimum atomic E-state index is -0.742. The second-order valence-corrected chi connectivity index (χ2v) is 8.22. The first-order valence-electron chi connectivity index (χ1n) is 8.44. The average Bonchev–Trinajstić information content (AvgIpc) is 3.04. The molecule has 0 saturated heterocycles. The van der Waals surface area contributed by atoms with Crippen LogP contribution < -0.4 is 0 Å². The fraction of sp³-hybridized carbons (Fsp3) is 0.190. The monoisotopic (exact) mass is 509 g/mol. The minimum absolute atomic E-state index is 0.538. The standard InChI is InChI=1S/C21H18Br2ClNO2/c22-11-10-21(27-14-26,17-4-2-1-3-5-17)12-16-13-25-20(19(16)23)15-6-8-18(24)9-7-15/h1-9,13-14,25H,10-12H2. The summed E-state index contributed by atoms with van der Waals surface area (Å²) in [4.78, 5) is 14.7. The van der Waals surface area contributed by atoms with Gasteiger partial charge >= 0.3 is 0 Å². The normalized spacial score (nSPS) is 13.1. The van der Waals surface area contributed by atoms with Gasteiger partial charge in [0.2, 0.25) is 0 Å². The van der Waals surface area contributed by atoms with Gasteiger partial charge in [-0.25, -0.2) is 0 Å². The quantitative estimate of drug-likeness (QED) is 0.277. The van der Waals surface area contributed by atoms with Gasteiger partial charge in [0, 0.05) is 33.9 Å². The van der Waals surface area contributed by atoms with Crippen LogP contribution in [0.1, 0.15) is 17.5 Å². The summed E-state index contributed by atoms with van der Waals surface area (Å²) < 4.78 is 6.64. The summed E-state index contributed by atoms with van der Waals surface area (Å²) in [6.45, 7) is 0.538. The summed E-state index contributed by atoms with van der Waals surface area (Å²) in [5, 5.41) is 1.41. The van der Waals surface area contributed by atoms with E-state index in [-0.39, 0.29) is 0 Å². The molecule has 0 aliphatic rings. The van der Waals surface area contributed by atoms with E-state index >= 15 is 0 Å². The molecule has 1 heterocycles. The molecule has 1 unspecified atom stereocenters. The third-order valence-corrected chi connectivity index (χ3v) is 6.13. The van der Waals surface area contributed by atoms with Gasteiger partial charge in [-0.15, -0.1) is 0 Å². The highest BCUT2D eigenvalue weighted by atomic mass is 79.9. The highest BCUT2D eigenvalue weighted by molar-refractivity contribution is 9.10. The lowest BCUT2D eigenvalue weighted by Gasteiger charge is -2.32. The Bertz CT molecular complexity index is 896. The molecule has 0 saturated carbocycles. The van der Waals surface area contributed by atoms with E-state index in [1.54, 1.807) is 0 Å². The van der Waals surface area contributed by atoms with Crippen LogP contribution in [0.5, 0.6) is 0 Å². The van der Waals surface area contributed by atoms with E-state index in [0.717, 1.165) is 26.9 Å². The lowest BCUT2D eigenvalue weighted by Crippen LogP contribution is -2.32. The number of hydrogen-bond acceptors (Lipinski definition) is 2. The smallest absolute Gasteiger partial charge is 0.293 e. The summed E-state index contributed by atoms with van der Waals surface area (Å²) in [7, 11) is 0. The average molecular weight is 512 g/mol. The largest absolute Gasteiger partial charge is 0.456 e. The van der Waals surface area contributed by atoms with E-state index in [2.05, 4.69) is 36.8 Å². The maximum Gasteiger partial charge on any atom is 0.293 e. The Morgan fingerprint density at radius 1 is 1.11 bits per heavy atom. The summed E-state index contributed by atoms with van der Waals surface area (Å²) in [5.41, 5.74) is 3.26. The Morgan fingerprint density at radius 2 is 1.81 bits per heavy atom. The van der Waals surface area contributed by atoms with Gasteiger partial charge in [0.15, 0.2) is 0 Å². The van der Waals surface area contributed by atoms with Gasteiger partial charge in [-0.05, 0) is 44.8 Å². The molecule has 1 aromatic heterocycles. The fourth-order valence-corrected chi connectivity index (χ4v) is 4.56. The zero-order valence-electron chi connectivity index (χ0n) is 14.4. The van der Waals surface area contributed by atoms with Crippen molar-refractivity contribution in [3.63, 3.8) is 0 Å². The number of carbonyl (C=O) groups is 1. The van der Waals surface area contributed by atoms with E-state index < -0.39 is 5.60 Å². The van der Waals surface area contributed by atoms with E-state index in [1.807, 2.05) is 60.8 Å². The molecule has 1 N–H and O–H groups in total. The molecule has 0 amide bonds. The molecule has 0 spiro atoms. The van der Waals surface area contributed by atoms with Crippen molar-refractivity contribution in [1.29, 1.82) is 0 Å². The first kappa shape index (κ1) is 20.2. The van der Waals surface area contributed by atoms with Gasteiger partial charge in [-0.1, -0.05) is 70.0 Å². The molecule has 3 nitrogen and oxygen atoms in total. The predicted molar refractivity (Wildman–Crippen MR) is 116 cm³/mol. The topological polar surface area (TPSA) is 42.1 Å². The Kier molecular flexibility index (Phi) is 6.79. The number of halogens is 3. The number of nitrogens with one attached hydrogen (secondary N) is 1. The number of H-pyrrole nitrogens is 1. The van der Waals surface area contributed by atoms with Crippen LogP contribution in [0.15, 0.2) is 65.3 Å². The molecular weight excluding hydrogens is 493 g/mol. The van der Waals surface area contributed by atoms with Crippen molar-refractivity contribution < 1.29 is 9.53 Å². The molecule has 3 aromatic rings. The van der Waals surface area contributed by atoms with Crippen LogP contribution in [0.25, 0.3) is 11.3 Å². The highest BCUT2D eigenvalue weighted by Gasteiger charge is 2.35. The number of ether oxygens (including phenoxy) is 1. The second kappa shape index (κ2) is 9.09. The number of rotatable bonds is 8. The van der Waals surface area contributed by atoms with Crippen LogP contribution in [0.3, 0.4) is 0 Å². The Morgan fingerprint density at radius 3 is 2.44 bits per heavy atom. The maximum atomic E-state index is 11.3. The number of alkyl halides is 1. The summed E-state index contributed by atoms with van der Waals surface area (Å²) in [6.07, 6.45) is 3.16. The Hall–Kier alpha value is -1.56. The SMILES string of the molecule is O=COC(CCBr)(Cc1c[nH]c(-c2ccc(Cl)cc2)c1Br)c1ccccc1. The third-order valence-electron chi connectivity index (χ3n) is 4.57. The Labute approximate surface area is 180 Å². The molecule has 6 heteroatoms. The summed E-state index contributed by atoms with van der Waals surface area (Å²) in [6, 6.07) is 17.5. The van der Waals surface area contributed by atoms with Crippen LogP contribution in [-0.4, -0.2) is 16.8 Å². The zero-order chi connectivity index (χ0) is 19.3. The minimum Gasteiger partial charge on any atom is -0.456 e. The molecular formula is C21H18Br2ClNO2. The van der Waals surface area contributed by atoms with Crippen LogP contribution in [0.2, 0.25) is 5.02 Å². The first-order valence-corrected chi connectivity index (χ1v) is 10.7. The number of carbonyl (C=O) groups excluding carboxylic acids is 1.